The Morgan fingerprint density at radius 2 is 1.80 bits per heavy atom. The Balaban J connectivity index is 3.60. The van der Waals surface area contributed by atoms with Crippen LogP contribution in [0.2, 0.25) is 5.02 Å². The monoisotopic (exact) mass is 227 g/mol. The Labute approximate surface area is 93.9 Å². The van der Waals surface area contributed by atoms with Crippen molar-refractivity contribution < 1.29 is 9.90 Å². The predicted molar refractivity (Wildman–Crippen MR) is 60.7 cm³/mol. The first kappa shape index (κ1) is 12.0. The van der Waals surface area contributed by atoms with Crippen LogP contribution in [0.1, 0.15) is 27.0 Å². The van der Waals surface area contributed by atoms with Gasteiger partial charge in [-0.2, -0.15) is 0 Å². The van der Waals surface area contributed by atoms with Gasteiger partial charge < -0.3 is 10.8 Å². The average molecular weight is 228 g/mol. The first-order valence-electron chi connectivity index (χ1n) is 4.63. The van der Waals surface area contributed by atoms with E-state index in [1.807, 2.05) is 0 Å². The molecule has 1 rings (SSSR count). The van der Waals surface area contributed by atoms with E-state index in [1.165, 1.54) is 0 Å². The van der Waals surface area contributed by atoms with Crippen molar-refractivity contribution in [3.63, 3.8) is 0 Å². The number of benzene rings is 1. The molecular formula is C11H14ClNO2. The van der Waals surface area contributed by atoms with Crippen molar-refractivity contribution in [3.8, 4) is 5.75 Å². The number of phenols is 1. The van der Waals surface area contributed by atoms with Gasteiger partial charge in [-0.05, 0) is 37.5 Å². The smallest absolute Gasteiger partial charge is 0.176 e. The van der Waals surface area contributed by atoms with Gasteiger partial charge in [-0.15, -0.1) is 0 Å². The Hall–Kier alpha value is -1.06. The van der Waals surface area contributed by atoms with Crippen LogP contribution in [0.3, 0.4) is 0 Å². The lowest BCUT2D eigenvalue weighted by Crippen LogP contribution is -2.17. The molecule has 1 aromatic rings. The lowest BCUT2D eigenvalue weighted by Gasteiger charge is -2.14. The van der Waals surface area contributed by atoms with E-state index < -0.39 is 0 Å². The fourth-order valence-corrected chi connectivity index (χ4v) is 1.85. The normalized spacial score (nSPS) is 10.5. The van der Waals surface area contributed by atoms with Gasteiger partial charge in [-0.1, -0.05) is 11.6 Å². The highest BCUT2D eigenvalue weighted by atomic mass is 35.5. The van der Waals surface area contributed by atoms with E-state index in [0.29, 0.717) is 16.7 Å². The molecule has 0 unspecified atom stereocenters. The number of nitrogens with two attached hydrogens (primary N) is 1. The molecular weight excluding hydrogens is 214 g/mol. The summed E-state index contributed by atoms with van der Waals surface area (Å²) in [5.74, 6) is -0.116. The van der Waals surface area contributed by atoms with Crippen molar-refractivity contribution in [3.05, 3.63) is 27.3 Å². The third-order valence-corrected chi connectivity index (χ3v) is 3.13. The summed E-state index contributed by atoms with van der Waals surface area (Å²) >= 11 is 5.92. The van der Waals surface area contributed by atoms with Gasteiger partial charge in [0, 0.05) is 5.56 Å². The molecule has 0 atom stereocenters. The van der Waals surface area contributed by atoms with E-state index in [9.17, 15) is 9.90 Å². The second kappa shape index (κ2) is 4.21. The van der Waals surface area contributed by atoms with Gasteiger partial charge in [0.1, 0.15) is 5.75 Å². The van der Waals surface area contributed by atoms with Crippen molar-refractivity contribution in [1.82, 2.24) is 0 Å². The Morgan fingerprint density at radius 3 is 2.27 bits per heavy atom. The van der Waals surface area contributed by atoms with Crippen molar-refractivity contribution >= 4 is 17.4 Å². The molecule has 3 N–H and O–H groups in total. The molecule has 1 aromatic carbocycles. The average Bonchev–Trinajstić information content (AvgIpc) is 2.23. The molecule has 0 saturated carbocycles. The molecule has 0 aliphatic carbocycles. The predicted octanol–water partition coefficient (Wildman–Crippen LogP) is 2.11. The number of Topliss-reactive ketones (excluding diaryl/α,β-unsaturated/α-hetero) is 1. The third-order valence-electron chi connectivity index (χ3n) is 2.67. The molecule has 82 valence electrons. The molecule has 15 heavy (non-hydrogen) atoms. The molecule has 0 spiro atoms. The summed E-state index contributed by atoms with van der Waals surface area (Å²) in [6.45, 7) is 5.16. The Kier molecular flexibility index (Phi) is 3.37. The number of ketones is 1. The highest BCUT2D eigenvalue weighted by Crippen LogP contribution is 2.35. The number of phenolic OH excluding ortho intramolecular Hbond substituents is 1. The highest BCUT2D eigenvalue weighted by molar-refractivity contribution is 6.33. The number of carbonyl (C=O) groups is 1. The lowest BCUT2D eigenvalue weighted by atomic mass is 9.94. The minimum Gasteiger partial charge on any atom is -0.506 e. The maximum atomic E-state index is 11.6. The van der Waals surface area contributed by atoms with E-state index in [4.69, 9.17) is 17.3 Å². The van der Waals surface area contributed by atoms with Crippen LogP contribution in [0.15, 0.2) is 0 Å². The number of halogens is 1. The van der Waals surface area contributed by atoms with Crippen LogP contribution >= 0.6 is 11.6 Å². The van der Waals surface area contributed by atoms with Crippen molar-refractivity contribution in [1.29, 1.82) is 0 Å². The van der Waals surface area contributed by atoms with Crippen LogP contribution in [-0.2, 0) is 0 Å². The maximum Gasteiger partial charge on any atom is 0.176 e. The zero-order valence-electron chi connectivity index (χ0n) is 9.02. The molecule has 0 bridgehead atoms. The van der Waals surface area contributed by atoms with Crippen LogP contribution in [0.25, 0.3) is 0 Å². The minimum atomic E-state index is -0.157. The Bertz CT molecular complexity index is 398. The molecule has 0 amide bonds. The van der Waals surface area contributed by atoms with Crippen LogP contribution in [-0.4, -0.2) is 17.4 Å². The van der Waals surface area contributed by atoms with Gasteiger partial charge in [-0.3, -0.25) is 4.79 Å². The number of carbonyl (C=O) groups excluding carboxylic acids is 1. The van der Waals surface area contributed by atoms with E-state index in [0.717, 1.165) is 5.56 Å². The van der Waals surface area contributed by atoms with E-state index in [1.54, 1.807) is 20.8 Å². The van der Waals surface area contributed by atoms with Crippen molar-refractivity contribution in [2.24, 2.45) is 5.73 Å². The zero-order chi connectivity index (χ0) is 11.7. The fraction of sp³-hybridized carbons (Fsp3) is 0.364. The quantitative estimate of drug-likeness (QED) is 0.761. The zero-order valence-corrected chi connectivity index (χ0v) is 9.77. The summed E-state index contributed by atoms with van der Waals surface area (Å²) in [5, 5.41) is 9.90. The summed E-state index contributed by atoms with van der Waals surface area (Å²) in [6.07, 6.45) is 0. The standard InChI is InChI=1S/C11H14ClNO2/c1-5-6(2)11(15)10(12)7(3)9(5)8(14)4-13/h15H,4,13H2,1-3H3. The molecule has 0 radical (unpaired) electrons. The van der Waals surface area contributed by atoms with Crippen LogP contribution < -0.4 is 5.73 Å². The summed E-state index contributed by atoms with van der Waals surface area (Å²) < 4.78 is 0. The van der Waals surface area contributed by atoms with E-state index >= 15 is 0 Å². The molecule has 0 saturated heterocycles. The molecule has 0 heterocycles. The number of rotatable bonds is 2. The van der Waals surface area contributed by atoms with E-state index in [-0.39, 0.29) is 23.1 Å². The van der Waals surface area contributed by atoms with Gasteiger partial charge in [-0.25, -0.2) is 0 Å². The van der Waals surface area contributed by atoms with Gasteiger partial charge in [0.15, 0.2) is 5.78 Å². The van der Waals surface area contributed by atoms with Gasteiger partial charge in [0.2, 0.25) is 0 Å². The second-order valence-corrected chi connectivity index (χ2v) is 3.92. The molecule has 0 aromatic heterocycles. The van der Waals surface area contributed by atoms with Crippen molar-refractivity contribution in [2.75, 3.05) is 6.54 Å². The lowest BCUT2D eigenvalue weighted by molar-refractivity contribution is 0.1000. The molecule has 0 aliphatic heterocycles. The summed E-state index contributed by atoms with van der Waals surface area (Å²) in [5.41, 5.74) is 7.81. The number of hydrogen-bond acceptors (Lipinski definition) is 3. The largest absolute Gasteiger partial charge is 0.506 e. The molecule has 3 nitrogen and oxygen atoms in total. The first-order valence-corrected chi connectivity index (χ1v) is 5.01. The third kappa shape index (κ3) is 1.85. The summed E-state index contributed by atoms with van der Waals surface area (Å²) in [4.78, 5) is 11.6. The number of aromatic hydroxyl groups is 1. The van der Waals surface area contributed by atoms with E-state index in [2.05, 4.69) is 0 Å². The molecule has 4 heteroatoms. The molecule has 0 fully saturated rings. The van der Waals surface area contributed by atoms with Gasteiger partial charge in [0.05, 0.1) is 11.6 Å². The SMILES string of the molecule is Cc1c(C)c(C(=O)CN)c(C)c(Cl)c1O. The van der Waals surface area contributed by atoms with Gasteiger partial charge in [0.25, 0.3) is 0 Å². The fourth-order valence-electron chi connectivity index (χ4n) is 1.62. The Morgan fingerprint density at radius 1 is 1.27 bits per heavy atom. The van der Waals surface area contributed by atoms with Crippen molar-refractivity contribution in [2.45, 2.75) is 20.8 Å². The number of hydrogen-bond donors (Lipinski definition) is 2. The van der Waals surface area contributed by atoms with Crippen LogP contribution in [0.4, 0.5) is 0 Å². The van der Waals surface area contributed by atoms with Gasteiger partial charge >= 0.3 is 0 Å². The first-order chi connectivity index (χ1) is 6.91. The van der Waals surface area contributed by atoms with Crippen LogP contribution in [0, 0.1) is 20.8 Å². The van der Waals surface area contributed by atoms with Crippen LogP contribution in [0.5, 0.6) is 5.75 Å². The highest BCUT2D eigenvalue weighted by Gasteiger charge is 2.19. The topological polar surface area (TPSA) is 63.3 Å². The maximum absolute atomic E-state index is 11.6. The second-order valence-electron chi connectivity index (χ2n) is 3.54. The minimum absolute atomic E-state index is 0.0419. The molecule has 0 aliphatic rings. The summed E-state index contributed by atoms with van der Waals surface area (Å²) in [6, 6.07) is 0. The summed E-state index contributed by atoms with van der Waals surface area (Å²) in [7, 11) is 0.